The molecule has 2 aliphatic rings. The maximum Gasteiger partial charge on any atom is 0.130 e. The third-order valence-electron chi connectivity index (χ3n) is 6.51. The quantitative estimate of drug-likeness (QED) is 0.833. The number of benzene rings is 1. The number of nitrogens with zero attached hydrogens (tertiary/aromatic N) is 3. The number of ether oxygens (including phenoxy) is 1. The van der Waals surface area contributed by atoms with Gasteiger partial charge in [-0.25, -0.2) is 9.97 Å². The first-order chi connectivity index (χ1) is 13.6. The maximum absolute atomic E-state index is 11.6. The number of aryl methyl sites for hydroxylation is 1. The molecule has 1 aliphatic carbocycles. The molecule has 1 saturated carbocycles. The van der Waals surface area contributed by atoms with E-state index in [2.05, 4.69) is 46.1 Å². The molecule has 4 rings (SSSR count). The van der Waals surface area contributed by atoms with Gasteiger partial charge in [-0.15, -0.1) is 0 Å². The first-order valence-electron chi connectivity index (χ1n) is 10.4. The van der Waals surface area contributed by atoms with Crippen LogP contribution >= 0.6 is 0 Å². The van der Waals surface area contributed by atoms with Crippen molar-refractivity contribution in [1.82, 2.24) is 14.9 Å². The molecule has 2 aromatic rings. The molecular formula is C23H31N3O2. The van der Waals surface area contributed by atoms with Gasteiger partial charge in [0.1, 0.15) is 5.82 Å². The summed E-state index contributed by atoms with van der Waals surface area (Å²) < 4.78 is 5.09. The van der Waals surface area contributed by atoms with Gasteiger partial charge in [0.05, 0.1) is 12.2 Å². The minimum Gasteiger partial charge on any atom is -0.385 e. The Balaban J connectivity index is 1.44. The van der Waals surface area contributed by atoms with Crippen LogP contribution in [0.3, 0.4) is 0 Å². The normalized spacial score (nSPS) is 27.7. The second-order valence-corrected chi connectivity index (χ2v) is 8.49. The average molecular weight is 382 g/mol. The van der Waals surface area contributed by atoms with Gasteiger partial charge < -0.3 is 9.84 Å². The van der Waals surface area contributed by atoms with Crippen molar-refractivity contribution in [3.63, 3.8) is 0 Å². The first kappa shape index (κ1) is 19.5. The van der Waals surface area contributed by atoms with Gasteiger partial charge in [0.2, 0.25) is 0 Å². The lowest BCUT2D eigenvalue weighted by Crippen LogP contribution is -2.42. The molecule has 1 aromatic heterocycles. The number of methoxy groups -OCH3 is 1. The van der Waals surface area contributed by atoms with Crippen LogP contribution in [-0.4, -0.2) is 46.8 Å². The molecule has 1 aliphatic heterocycles. The van der Waals surface area contributed by atoms with Gasteiger partial charge >= 0.3 is 0 Å². The Morgan fingerprint density at radius 1 is 1.18 bits per heavy atom. The Hall–Kier alpha value is -1.82. The van der Waals surface area contributed by atoms with E-state index in [0.29, 0.717) is 18.4 Å². The zero-order chi connectivity index (χ0) is 19.6. The van der Waals surface area contributed by atoms with Crippen LogP contribution in [-0.2, 0) is 23.3 Å². The summed E-state index contributed by atoms with van der Waals surface area (Å²) in [7, 11) is 1.69. The summed E-state index contributed by atoms with van der Waals surface area (Å²) >= 11 is 0. The predicted octanol–water partition coefficient (Wildman–Crippen LogP) is 3.09. The van der Waals surface area contributed by atoms with Crippen LogP contribution in [0.15, 0.2) is 36.7 Å². The Kier molecular flexibility index (Phi) is 5.76. The fourth-order valence-corrected chi connectivity index (χ4v) is 4.99. The maximum atomic E-state index is 11.6. The van der Waals surface area contributed by atoms with E-state index in [-0.39, 0.29) is 0 Å². The lowest BCUT2D eigenvalue weighted by Gasteiger charge is -2.41. The number of hydrogen-bond acceptors (Lipinski definition) is 5. The van der Waals surface area contributed by atoms with Crippen molar-refractivity contribution in [1.29, 1.82) is 0 Å². The highest BCUT2D eigenvalue weighted by molar-refractivity contribution is 5.28. The summed E-state index contributed by atoms with van der Waals surface area (Å²) in [5.74, 6) is 1.68. The average Bonchev–Trinajstić information content (AvgIpc) is 3.12. The van der Waals surface area contributed by atoms with Crippen LogP contribution in [0.1, 0.15) is 41.8 Å². The van der Waals surface area contributed by atoms with Crippen molar-refractivity contribution in [3.8, 4) is 0 Å². The van der Waals surface area contributed by atoms with E-state index < -0.39 is 5.60 Å². The third-order valence-corrected chi connectivity index (χ3v) is 6.51. The lowest BCUT2D eigenvalue weighted by molar-refractivity contribution is -0.0648. The topological polar surface area (TPSA) is 58.5 Å². The van der Waals surface area contributed by atoms with E-state index in [4.69, 9.17) is 4.74 Å². The zero-order valence-corrected chi connectivity index (χ0v) is 17.0. The van der Waals surface area contributed by atoms with E-state index in [1.807, 2.05) is 12.4 Å². The number of rotatable bonds is 6. The molecule has 150 valence electrons. The van der Waals surface area contributed by atoms with E-state index in [1.54, 1.807) is 7.11 Å². The van der Waals surface area contributed by atoms with Crippen molar-refractivity contribution < 1.29 is 9.84 Å². The zero-order valence-electron chi connectivity index (χ0n) is 17.0. The highest BCUT2D eigenvalue weighted by Crippen LogP contribution is 2.48. The fourth-order valence-electron chi connectivity index (χ4n) is 4.99. The highest BCUT2D eigenvalue weighted by Gasteiger charge is 2.49. The largest absolute Gasteiger partial charge is 0.385 e. The Morgan fingerprint density at radius 2 is 1.93 bits per heavy atom. The molecule has 0 spiro atoms. The van der Waals surface area contributed by atoms with E-state index in [0.717, 1.165) is 55.8 Å². The van der Waals surface area contributed by atoms with Crippen LogP contribution in [0.5, 0.6) is 0 Å². The SMILES string of the molecule is COCCc1ncc(CN2CC3CCCC(O)(c4ccc(C)cc4)C3C2)cn1. The second kappa shape index (κ2) is 8.27. The molecule has 2 heterocycles. The summed E-state index contributed by atoms with van der Waals surface area (Å²) in [5.41, 5.74) is 2.76. The van der Waals surface area contributed by atoms with Crippen molar-refractivity contribution in [2.75, 3.05) is 26.8 Å². The molecular weight excluding hydrogens is 350 g/mol. The van der Waals surface area contributed by atoms with Gasteiger partial charge in [0.15, 0.2) is 0 Å². The molecule has 0 bridgehead atoms. The van der Waals surface area contributed by atoms with Crippen LogP contribution in [0.4, 0.5) is 0 Å². The molecule has 28 heavy (non-hydrogen) atoms. The number of aromatic nitrogens is 2. The summed E-state index contributed by atoms with van der Waals surface area (Å²) in [6.45, 7) is 5.57. The van der Waals surface area contributed by atoms with E-state index >= 15 is 0 Å². The van der Waals surface area contributed by atoms with Crippen molar-refractivity contribution in [3.05, 3.63) is 59.2 Å². The van der Waals surface area contributed by atoms with Gasteiger partial charge in [-0.05, 0) is 37.7 Å². The minimum atomic E-state index is -0.703. The van der Waals surface area contributed by atoms with E-state index in [1.165, 1.54) is 12.0 Å². The summed E-state index contributed by atoms with van der Waals surface area (Å²) in [6.07, 6.45) is 7.79. The van der Waals surface area contributed by atoms with E-state index in [9.17, 15) is 5.11 Å². The fraction of sp³-hybridized carbons (Fsp3) is 0.565. The molecule has 0 amide bonds. The van der Waals surface area contributed by atoms with Crippen molar-refractivity contribution in [2.24, 2.45) is 11.8 Å². The van der Waals surface area contributed by atoms with Gasteiger partial charge in [0.25, 0.3) is 0 Å². The molecule has 3 atom stereocenters. The third kappa shape index (κ3) is 3.97. The van der Waals surface area contributed by atoms with Crippen LogP contribution in [0.25, 0.3) is 0 Å². The summed E-state index contributed by atoms with van der Waals surface area (Å²) in [6, 6.07) is 8.47. The molecule has 3 unspecified atom stereocenters. The van der Waals surface area contributed by atoms with Gasteiger partial charge in [-0.3, -0.25) is 4.90 Å². The standard InChI is InChI=1S/C23H31N3O2/c1-17-5-7-20(8-6-17)23(27)10-3-4-19-15-26(16-21(19)23)14-18-12-24-22(25-13-18)9-11-28-2/h5-8,12-13,19,21,27H,3-4,9-11,14-16H2,1-2H3. The molecule has 5 nitrogen and oxygen atoms in total. The smallest absolute Gasteiger partial charge is 0.130 e. The van der Waals surface area contributed by atoms with Gasteiger partial charge in [0, 0.05) is 57.0 Å². The van der Waals surface area contributed by atoms with Crippen LogP contribution in [0, 0.1) is 18.8 Å². The summed E-state index contributed by atoms with van der Waals surface area (Å²) in [5, 5.41) is 11.6. The molecule has 1 saturated heterocycles. The molecule has 2 fully saturated rings. The molecule has 1 aromatic carbocycles. The van der Waals surface area contributed by atoms with Crippen molar-refractivity contribution in [2.45, 2.75) is 44.8 Å². The number of fused-ring (bicyclic) bond motifs is 1. The van der Waals surface area contributed by atoms with Gasteiger partial charge in [-0.1, -0.05) is 29.8 Å². The second-order valence-electron chi connectivity index (χ2n) is 8.49. The first-order valence-corrected chi connectivity index (χ1v) is 10.4. The number of aliphatic hydroxyl groups is 1. The van der Waals surface area contributed by atoms with Crippen LogP contribution < -0.4 is 0 Å². The number of likely N-dealkylation sites (tertiary alicyclic amines) is 1. The lowest BCUT2D eigenvalue weighted by atomic mass is 9.67. The molecule has 0 radical (unpaired) electrons. The van der Waals surface area contributed by atoms with Crippen molar-refractivity contribution >= 4 is 0 Å². The Bertz CT molecular complexity index is 777. The molecule has 5 heteroatoms. The Morgan fingerprint density at radius 3 is 2.64 bits per heavy atom. The van der Waals surface area contributed by atoms with Crippen LogP contribution in [0.2, 0.25) is 0 Å². The number of hydrogen-bond donors (Lipinski definition) is 1. The highest BCUT2D eigenvalue weighted by atomic mass is 16.5. The predicted molar refractivity (Wildman–Crippen MR) is 109 cm³/mol. The minimum absolute atomic E-state index is 0.297. The monoisotopic (exact) mass is 381 g/mol. The Labute approximate surface area is 167 Å². The summed E-state index contributed by atoms with van der Waals surface area (Å²) in [4.78, 5) is 11.4. The molecule has 1 N–H and O–H groups in total. The van der Waals surface area contributed by atoms with Gasteiger partial charge in [-0.2, -0.15) is 0 Å².